The molecule has 1 aliphatic carbocycles. The minimum Gasteiger partial charge on any atom is -0.477 e. The quantitative estimate of drug-likeness (QED) is 0.873. The number of nitrogens with zero attached hydrogens (tertiary/aromatic N) is 2. The van der Waals surface area contributed by atoms with Crippen molar-refractivity contribution < 1.29 is 9.90 Å². The molecule has 96 valence electrons. The molecule has 0 radical (unpaired) electrons. The van der Waals surface area contributed by atoms with Crippen molar-refractivity contribution in [1.29, 1.82) is 0 Å². The zero-order valence-corrected chi connectivity index (χ0v) is 10.2. The third-order valence-corrected chi connectivity index (χ3v) is 3.55. The van der Waals surface area contributed by atoms with Crippen LogP contribution in [0.5, 0.6) is 0 Å². The second-order valence-corrected chi connectivity index (χ2v) is 4.75. The number of rotatable bonds is 3. The van der Waals surface area contributed by atoms with E-state index in [1.54, 1.807) is 0 Å². The molecule has 1 aromatic carbocycles. The van der Waals surface area contributed by atoms with Crippen molar-refractivity contribution >= 4 is 11.8 Å². The molecule has 0 amide bonds. The first-order valence-electron chi connectivity index (χ1n) is 6.05. The molecule has 1 heterocycles. The summed E-state index contributed by atoms with van der Waals surface area (Å²) < 4.78 is 0. The van der Waals surface area contributed by atoms with Gasteiger partial charge in [0.2, 0.25) is 0 Å². The molecule has 0 bridgehead atoms. The zero-order chi connectivity index (χ0) is 13.5. The van der Waals surface area contributed by atoms with E-state index in [-0.39, 0.29) is 16.8 Å². The minimum atomic E-state index is -1.10. The van der Waals surface area contributed by atoms with Crippen LogP contribution in [0.3, 0.4) is 0 Å². The molecule has 3 N–H and O–H groups in total. The number of hydrogen-bond donors (Lipinski definition) is 2. The fourth-order valence-electron chi connectivity index (χ4n) is 2.31. The van der Waals surface area contributed by atoms with Gasteiger partial charge in [0.1, 0.15) is 17.2 Å². The van der Waals surface area contributed by atoms with Crippen LogP contribution in [0.25, 0.3) is 0 Å². The lowest BCUT2D eigenvalue weighted by Crippen LogP contribution is -2.16. The van der Waals surface area contributed by atoms with E-state index in [1.807, 2.05) is 30.3 Å². The van der Waals surface area contributed by atoms with Crippen molar-refractivity contribution in [3.63, 3.8) is 0 Å². The molecular formula is C14H13N3O2. The van der Waals surface area contributed by atoms with Gasteiger partial charge in [0.15, 0.2) is 0 Å². The van der Waals surface area contributed by atoms with E-state index in [1.165, 1.54) is 6.20 Å². The number of nitrogens with two attached hydrogens (primary N) is 1. The number of aromatic nitrogens is 2. The van der Waals surface area contributed by atoms with Gasteiger partial charge in [-0.05, 0) is 18.4 Å². The topological polar surface area (TPSA) is 89.1 Å². The molecule has 19 heavy (non-hydrogen) atoms. The maximum atomic E-state index is 10.9. The summed E-state index contributed by atoms with van der Waals surface area (Å²) in [5.74, 6) is -0.463. The van der Waals surface area contributed by atoms with E-state index in [4.69, 9.17) is 10.8 Å². The molecule has 5 heteroatoms. The van der Waals surface area contributed by atoms with Gasteiger partial charge in [0.05, 0.1) is 5.41 Å². The Morgan fingerprint density at radius 1 is 1.26 bits per heavy atom. The van der Waals surface area contributed by atoms with Crippen LogP contribution in [0.1, 0.15) is 34.6 Å². The Labute approximate surface area is 110 Å². The van der Waals surface area contributed by atoms with Crippen LogP contribution in [0.4, 0.5) is 5.82 Å². The van der Waals surface area contributed by atoms with E-state index in [2.05, 4.69) is 9.97 Å². The summed E-state index contributed by atoms with van der Waals surface area (Å²) in [6, 6.07) is 9.99. The largest absolute Gasteiger partial charge is 0.477 e. The number of aromatic carboxylic acids is 1. The molecule has 1 aromatic heterocycles. The summed E-state index contributed by atoms with van der Waals surface area (Å²) in [4.78, 5) is 19.3. The Balaban J connectivity index is 2.04. The second kappa shape index (κ2) is 4.05. The molecule has 0 aliphatic heterocycles. The van der Waals surface area contributed by atoms with Gasteiger partial charge in [-0.25, -0.2) is 14.8 Å². The lowest BCUT2D eigenvalue weighted by molar-refractivity contribution is 0.0697. The molecule has 2 aromatic rings. The number of carboxylic acid groups (broad SMARTS) is 1. The Morgan fingerprint density at radius 2 is 1.95 bits per heavy atom. The van der Waals surface area contributed by atoms with Crippen LogP contribution < -0.4 is 5.73 Å². The first-order chi connectivity index (χ1) is 9.13. The number of benzene rings is 1. The first kappa shape index (κ1) is 11.6. The average molecular weight is 255 g/mol. The monoisotopic (exact) mass is 255 g/mol. The minimum absolute atomic E-state index is 0.0275. The van der Waals surface area contributed by atoms with Crippen molar-refractivity contribution in [1.82, 2.24) is 9.97 Å². The number of hydrogen-bond acceptors (Lipinski definition) is 4. The van der Waals surface area contributed by atoms with E-state index < -0.39 is 5.97 Å². The fraction of sp³-hybridized carbons (Fsp3) is 0.214. The van der Waals surface area contributed by atoms with Crippen LogP contribution in [0.2, 0.25) is 0 Å². The standard InChI is InChI=1S/C14H13N3O2/c15-11-10(12(18)19)8-16-13(17-11)14(6-7-14)9-4-2-1-3-5-9/h1-5,8H,6-7H2,(H,18,19)(H2,15,16,17). The van der Waals surface area contributed by atoms with Crippen molar-refractivity contribution in [3.05, 3.63) is 53.5 Å². The lowest BCUT2D eigenvalue weighted by Gasteiger charge is -2.14. The highest BCUT2D eigenvalue weighted by atomic mass is 16.4. The van der Waals surface area contributed by atoms with Gasteiger partial charge in [-0.2, -0.15) is 0 Å². The molecule has 0 atom stereocenters. The van der Waals surface area contributed by atoms with E-state index in [0.29, 0.717) is 5.82 Å². The molecule has 3 rings (SSSR count). The molecule has 0 saturated heterocycles. The van der Waals surface area contributed by atoms with Gasteiger partial charge in [-0.1, -0.05) is 30.3 Å². The van der Waals surface area contributed by atoms with Crippen LogP contribution in [-0.2, 0) is 5.41 Å². The summed E-state index contributed by atoms with van der Waals surface area (Å²) >= 11 is 0. The van der Waals surface area contributed by atoms with Crippen LogP contribution in [0, 0.1) is 0 Å². The van der Waals surface area contributed by atoms with Crippen LogP contribution in [0.15, 0.2) is 36.5 Å². The SMILES string of the molecule is Nc1nc(C2(c3ccccc3)CC2)ncc1C(=O)O. The molecule has 1 fully saturated rings. The molecule has 0 unspecified atom stereocenters. The van der Waals surface area contributed by atoms with Gasteiger partial charge in [0, 0.05) is 6.20 Å². The smallest absolute Gasteiger partial charge is 0.341 e. The molecule has 1 saturated carbocycles. The summed E-state index contributed by atoms with van der Waals surface area (Å²) in [7, 11) is 0. The summed E-state index contributed by atoms with van der Waals surface area (Å²) in [5.41, 5.74) is 6.61. The first-order valence-corrected chi connectivity index (χ1v) is 6.05. The van der Waals surface area contributed by atoms with Crippen molar-refractivity contribution in [2.75, 3.05) is 5.73 Å². The van der Waals surface area contributed by atoms with Crippen molar-refractivity contribution in [3.8, 4) is 0 Å². The van der Waals surface area contributed by atoms with Crippen LogP contribution >= 0.6 is 0 Å². The predicted octanol–water partition coefficient (Wildman–Crippen LogP) is 1.84. The Bertz CT molecular complexity index is 636. The molecule has 5 nitrogen and oxygen atoms in total. The van der Waals surface area contributed by atoms with Gasteiger partial charge < -0.3 is 10.8 Å². The average Bonchev–Trinajstić information content (AvgIpc) is 3.20. The van der Waals surface area contributed by atoms with Crippen LogP contribution in [-0.4, -0.2) is 21.0 Å². The van der Waals surface area contributed by atoms with Gasteiger partial charge in [0.25, 0.3) is 0 Å². The number of carboxylic acids is 1. The maximum absolute atomic E-state index is 10.9. The highest BCUT2D eigenvalue weighted by Gasteiger charge is 2.48. The zero-order valence-electron chi connectivity index (χ0n) is 10.2. The molecule has 0 spiro atoms. The predicted molar refractivity (Wildman–Crippen MR) is 69.9 cm³/mol. The number of carbonyl (C=O) groups is 1. The second-order valence-electron chi connectivity index (χ2n) is 4.75. The number of anilines is 1. The highest BCUT2D eigenvalue weighted by Crippen LogP contribution is 2.52. The van der Waals surface area contributed by atoms with Gasteiger partial charge in [-0.3, -0.25) is 0 Å². The third kappa shape index (κ3) is 1.83. The summed E-state index contributed by atoms with van der Waals surface area (Å²) in [5, 5.41) is 8.93. The summed E-state index contributed by atoms with van der Waals surface area (Å²) in [6.45, 7) is 0. The Kier molecular flexibility index (Phi) is 2.48. The molecule has 1 aliphatic rings. The number of nitrogen functional groups attached to an aromatic ring is 1. The van der Waals surface area contributed by atoms with E-state index in [0.717, 1.165) is 18.4 Å². The van der Waals surface area contributed by atoms with Crippen molar-refractivity contribution in [2.45, 2.75) is 18.3 Å². The Morgan fingerprint density at radius 3 is 2.47 bits per heavy atom. The molecular weight excluding hydrogens is 242 g/mol. The van der Waals surface area contributed by atoms with E-state index >= 15 is 0 Å². The maximum Gasteiger partial charge on any atom is 0.341 e. The summed E-state index contributed by atoms with van der Waals surface area (Å²) in [6.07, 6.45) is 3.22. The fourth-order valence-corrected chi connectivity index (χ4v) is 2.31. The lowest BCUT2D eigenvalue weighted by atomic mass is 9.95. The Hall–Kier alpha value is -2.43. The van der Waals surface area contributed by atoms with Gasteiger partial charge in [-0.15, -0.1) is 0 Å². The van der Waals surface area contributed by atoms with Gasteiger partial charge >= 0.3 is 5.97 Å². The highest BCUT2D eigenvalue weighted by molar-refractivity contribution is 5.92. The van der Waals surface area contributed by atoms with E-state index in [9.17, 15) is 4.79 Å². The third-order valence-electron chi connectivity index (χ3n) is 3.55. The van der Waals surface area contributed by atoms with Crippen molar-refractivity contribution in [2.24, 2.45) is 0 Å². The normalized spacial score (nSPS) is 16.0.